The molecule has 0 saturated heterocycles. The summed E-state index contributed by atoms with van der Waals surface area (Å²) >= 11 is 6.29. The summed E-state index contributed by atoms with van der Waals surface area (Å²) in [4.78, 5) is 18.4. The molecule has 1 amide bonds. The molecule has 0 radical (unpaired) electrons. The largest absolute Gasteiger partial charge is 0.399 e. The molecule has 4 N–H and O–H groups in total. The number of hydrogen-bond acceptors (Lipinski definition) is 4. The van der Waals surface area contributed by atoms with Crippen LogP contribution in [0.2, 0.25) is 5.02 Å². The van der Waals surface area contributed by atoms with Gasteiger partial charge in [-0.25, -0.2) is 4.99 Å². The highest BCUT2D eigenvalue weighted by Crippen LogP contribution is 2.48. The number of anilines is 1. The predicted molar refractivity (Wildman–Crippen MR) is 81.4 cm³/mol. The number of carbonyl (C=O) groups excluding carboxylic acids is 1. The van der Waals surface area contributed by atoms with Crippen molar-refractivity contribution in [2.24, 2.45) is 16.1 Å². The Hall–Kier alpha value is -1.75. The minimum atomic E-state index is -0.868. The number of halogens is 1. The summed E-state index contributed by atoms with van der Waals surface area (Å²) in [7, 11) is 1.61. The molecule has 1 heterocycles. The van der Waals surface area contributed by atoms with Gasteiger partial charge in [-0.15, -0.1) is 0 Å². The first-order valence-electron chi connectivity index (χ1n) is 6.30. The van der Waals surface area contributed by atoms with Crippen LogP contribution in [0.4, 0.5) is 5.69 Å². The molecule has 0 aromatic heterocycles. The third-order valence-electron chi connectivity index (χ3n) is 4.25. The van der Waals surface area contributed by atoms with Gasteiger partial charge in [0.1, 0.15) is 5.54 Å². The molecule has 108 valence electrons. The lowest BCUT2D eigenvalue weighted by Gasteiger charge is -2.46. The maximum absolute atomic E-state index is 12.5. The van der Waals surface area contributed by atoms with Crippen LogP contribution in [-0.2, 0) is 10.3 Å². The summed E-state index contributed by atoms with van der Waals surface area (Å²) in [5, 5.41) is 0.517. The molecular weight excluding hydrogens is 276 g/mol. The number of benzene rings is 1. The summed E-state index contributed by atoms with van der Waals surface area (Å²) in [5.74, 6) is 0.0707. The molecule has 0 unspecified atom stereocenters. The Morgan fingerprint density at radius 1 is 1.25 bits per heavy atom. The van der Waals surface area contributed by atoms with Crippen LogP contribution in [0.5, 0.6) is 0 Å². The Bertz CT molecular complexity index is 611. The van der Waals surface area contributed by atoms with Crippen molar-refractivity contribution in [3.05, 3.63) is 28.8 Å². The number of hydrogen-bond donors (Lipinski definition) is 2. The zero-order valence-corrected chi connectivity index (χ0v) is 12.8. The van der Waals surface area contributed by atoms with E-state index in [0.29, 0.717) is 16.3 Å². The third-order valence-corrected chi connectivity index (χ3v) is 4.58. The minimum Gasteiger partial charge on any atom is -0.399 e. The molecule has 5 nitrogen and oxygen atoms in total. The van der Waals surface area contributed by atoms with Crippen molar-refractivity contribution >= 4 is 29.2 Å². The van der Waals surface area contributed by atoms with Gasteiger partial charge >= 0.3 is 0 Å². The summed E-state index contributed by atoms with van der Waals surface area (Å²) in [6.45, 7) is 5.52. The van der Waals surface area contributed by atoms with Crippen LogP contribution in [0.3, 0.4) is 0 Å². The molecule has 0 saturated carbocycles. The fourth-order valence-corrected chi connectivity index (χ4v) is 2.79. The molecule has 0 aliphatic carbocycles. The molecule has 1 aromatic rings. The fraction of sp³-hybridized carbons (Fsp3) is 0.429. The van der Waals surface area contributed by atoms with Crippen molar-refractivity contribution in [2.45, 2.75) is 26.3 Å². The highest BCUT2D eigenvalue weighted by molar-refractivity contribution is 6.31. The Balaban J connectivity index is 2.74. The second-order valence-corrected chi connectivity index (χ2v) is 6.18. The molecule has 1 aliphatic rings. The van der Waals surface area contributed by atoms with Gasteiger partial charge in [-0.1, -0.05) is 11.6 Å². The average molecular weight is 295 g/mol. The first kappa shape index (κ1) is 14.7. The Morgan fingerprint density at radius 3 is 2.45 bits per heavy atom. The molecule has 20 heavy (non-hydrogen) atoms. The number of carbonyl (C=O) groups is 1. The lowest BCUT2D eigenvalue weighted by Crippen LogP contribution is -2.58. The first-order valence-corrected chi connectivity index (χ1v) is 6.68. The van der Waals surface area contributed by atoms with Crippen LogP contribution >= 0.6 is 11.6 Å². The standard InChI is InChI=1S/C14H19ClN4O/c1-13(2)11(20)19(4)12(17)18-14(13,3)9-7-8(16)5-6-10(9)15/h5-7H,16H2,1-4H3,(H2,17,18)/t14-/m1/s1. The molecular formula is C14H19ClN4O. The van der Waals surface area contributed by atoms with E-state index in [9.17, 15) is 4.79 Å². The van der Waals surface area contributed by atoms with E-state index in [-0.39, 0.29) is 11.9 Å². The van der Waals surface area contributed by atoms with Crippen molar-refractivity contribution in [1.82, 2.24) is 4.90 Å². The van der Waals surface area contributed by atoms with Crippen molar-refractivity contribution in [2.75, 3.05) is 12.8 Å². The number of nitrogen functional groups attached to an aromatic ring is 1. The number of amides is 1. The highest BCUT2D eigenvalue weighted by Gasteiger charge is 2.53. The number of aliphatic imine (C=N–C) groups is 1. The smallest absolute Gasteiger partial charge is 0.237 e. The number of rotatable bonds is 1. The molecule has 1 aromatic carbocycles. The van der Waals surface area contributed by atoms with Crippen molar-refractivity contribution in [1.29, 1.82) is 0 Å². The SMILES string of the molecule is CN1C(=O)C(C)(C)[C@@](C)(c2cc(N)ccc2Cl)N=C1N. The first-order chi connectivity index (χ1) is 9.11. The van der Waals surface area contributed by atoms with Crippen LogP contribution in [0.25, 0.3) is 0 Å². The molecule has 0 bridgehead atoms. The number of nitrogens with two attached hydrogens (primary N) is 2. The van der Waals surface area contributed by atoms with Gasteiger partial charge in [-0.2, -0.15) is 0 Å². The second kappa shape index (κ2) is 4.38. The highest BCUT2D eigenvalue weighted by atomic mass is 35.5. The summed E-state index contributed by atoms with van der Waals surface area (Å²) in [6, 6.07) is 5.17. The summed E-state index contributed by atoms with van der Waals surface area (Å²) < 4.78 is 0. The van der Waals surface area contributed by atoms with E-state index in [0.717, 1.165) is 0 Å². The van der Waals surface area contributed by atoms with Gasteiger partial charge < -0.3 is 11.5 Å². The minimum absolute atomic E-state index is 0.106. The van der Waals surface area contributed by atoms with Gasteiger partial charge in [0.05, 0.1) is 5.41 Å². The van der Waals surface area contributed by atoms with Gasteiger partial charge in [-0.05, 0) is 39.0 Å². The quantitative estimate of drug-likeness (QED) is 0.776. The Kier molecular flexibility index (Phi) is 3.21. The lowest BCUT2D eigenvalue weighted by atomic mass is 9.68. The molecule has 6 heteroatoms. The van der Waals surface area contributed by atoms with Crippen LogP contribution in [0.15, 0.2) is 23.2 Å². The van der Waals surface area contributed by atoms with E-state index in [2.05, 4.69) is 4.99 Å². The molecule has 1 aliphatic heterocycles. The normalized spacial score (nSPS) is 25.6. The van der Waals surface area contributed by atoms with Crippen LogP contribution in [-0.4, -0.2) is 23.8 Å². The van der Waals surface area contributed by atoms with Gasteiger partial charge in [0.15, 0.2) is 5.96 Å². The van der Waals surface area contributed by atoms with Crippen molar-refractivity contribution in [3.63, 3.8) is 0 Å². The van der Waals surface area contributed by atoms with E-state index in [4.69, 9.17) is 23.1 Å². The molecule has 0 spiro atoms. The van der Waals surface area contributed by atoms with Crippen LogP contribution in [0.1, 0.15) is 26.3 Å². The van der Waals surface area contributed by atoms with Crippen molar-refractivity contribution in [3.8, 4) is 0 Å². The zero-order chi connectivity index (χ0) is 15.3. The van der Waals surface area contributed by atoms with Crippen LogP contribution < -0.4 is 11.5 Å². The maximum Gasteiger partial charge on any atom is 0.237 e. The second-order valence-electron chi connectivity index (χ2n) is 5.77. The lowest BCUT2D eigenvalue weighted by molar-refractivity contribution is -0.140. The molecule has 2 rings (SSSR count). The zero-order valence-electron chi connectivity index (χ0n) is 12.1. The molecule has 1 atom stereocenters. The Morgan fingerprint density at radius 2 is 1.85 bits per heavy atom. The topological polar surface area (TPSA) is 84.7 Å². The van der Waals surface area contributed by atoms with E-state index in [1.54, 1.807) is 25.2 Å². The van der Waals surface area contributed by atoms with Crippen LogP contribution in [0, 0.1) is 5.41 Å². The maximum atomic E-state index is 12.5. The summed E-state index contributed by atoms with van der Waals surface area (Å²) in [6.07, 6.45) is 0. The van der Waals surface area contributed by atoms with Gasteiger partial charge in [-0.3, -0.25) is 9.69 Å². The fourth-order valence-electron chi connectivity index (χ4n) is 2.49. The van der Waals surface area contributed by atoms with E-state index in [1.807, 2.05) is 20.8 Å². The molecule has 0 fully saturated rings. The van der Waals surface area contributed by atoms with E-state index in [1.165, 1.54) is 4.90 Å². The third kappa shape index (κ3) is 1.85. The number of guanidine groups is 1. The van der Waals surface area contributed by atoms with Gasteiger partial charge in [0.2, 0.25) is 5.91 Å². The van der Waals surface area contributed by atoms with Gasteiger partial charge in [0, 0.05) is 23.3 Å². The average Bonchev–Trinajstić information content (AvgIpc) is 2.37. The number of nitrogens with zero attached hydrogens (tertiary/aromatic N) is 2. The van der Waals surface area contributed by atoms with Crippen molar-refractivity contribution < 1.29 is 4.79 Å². The van der Waals surface area contributed by atoms with E-state index >= 15 is 0 Å². The summed E-state index contributed by atoms with van der Waals surface area (Å²) in [5.41, 5.74) is 11.3. The van der Waals surface area contributed by atoms with Gasteiger partial charge in [0.25, 0.3) is 0 Å². The monoisotopic (exact) mass is 294 g/mol. The van der Waals surface area contributed by atoms with E-state index < -0.39 is 11.0 Å². The Labute approximate surface area is 123 Å². The predicted octanol–water partition coefficient (Wildman–Crippen LogP) is 1.95.